The van der Waals surface area contributed by atoms with E-state index in [9.17, 15) is 17.6 Å². The number of halogens is 1. The number of thiol groups is 1. The Morgan fingerprint density at radius 3 is 2.71 bits per heavy atom. The number of carbonyl (C=O) groups is 1. The summed E-state index contributed by atoms with van der Waals surface area (Å²) in [6.45, 7) is 0.0779. The van der Waals surface area contributed by atoms with Crippen molar-refractivity contribution in [3.05, 3.63) is 65.1 Å². The molecule has 148 valence electrons. The van der Waals surface area contributed by atoms with Gasteiger partial charge in [0.2, 0.25) is 10.9 Å². The van der Waals surface area contributed by atoms with Gasteiger partial charge in [-0.15, -0.1) is 0 Å². The van der Waals surface area contributed by atoms with Crippen LogP contribution in [0.1, 0.15) is 21.5 Å². The van der Waals surface area contributed by atoms with Crippen LogP contribution in [0.5, 0.6) is 0 Å². The molecule has 0 radical (unpaired) electrons. The van der Waals surface area contributed by atoms with Gasteiger partial charge >= 0.3 is 5.97 Å². The molecule has 2 aromatic carbocycles. The van der Waals surface area contributed by atoms with E-state index in [4.69, 9.17) is 0 Å². The van der Waals surface area contributed by atoms with Crippen molar-refractivity contribution in [2.45, 2.75) is 13.0 Å². The highest BCUT2D eigenvalue weighted by molar-refractivity contribution is 7.69. The molecule has 3 aromatic rings. The molecule has 0 fully saturated rings. The maximum atomic E-state index is 14.3. The maximum Gasteiger partial charge on any atom is 0.337 e. The first-order valence-corrected chi connectivity index (χ1v) is 9.69. The predicted octanol–water partition coefficient (Wildman–Crippen LogP) is 2.07. The summed E-state index contributed by atoms with van der Waals surface area (Å²) in [6, 6.07) is 9.62. The molecule has 3 rings (SSSR count). The van der Waals surface area contributed by atoms with Crippen LogP contribution in [0, 0.1) is 5.82 Å². The number of benzene rings is 2. The lowest BCUT2D eigenvalue weighted by Gasteiger charge is -2.16. The van der Waals surface area contributed by atoms with E-state index in [2.05, 4.69) is 9.84 Å². The number of aromatic nitrogens is 2. The third-order valence-electron chi connectivity index (χ3n) is 4.54. The van der Waals surface area contributed by atoms with Crippen molar-refractivity contribution in [1.29, 1.82) is 0 Å². The van der Waals surface area contributed by atoms with Gasteiger partial charge in [-0.1, -0.05) is 24.3 Å². The zero-order chi connectivity index (χ0) is 20.3. The Morgan fingerprint density at radius 1 is 1.25 bits per heavy atom. The van der Waals surface area contributed by atoms with Gasteiger partial charge in [0.15, 0.2) is 0 Å². The molecule has 0 aliphatic rings. The quantitative estimate of drug-likeness (QED) is 0.481. The van der Waals surface area contributed by atoms with Crippen LogP contribution in [-0.2, 0) is 35.6 Å². The minimum absolute atomic E-state index is 0.0738. The van der Waals surface area contributed by atoms with Gasteiger partial charge < -0.3 is 4.74 Å². The van der Waals surface area contributed by atoms with Gasteiger partial charge in [0.1, 0.15) is 5.82 Å². The Morgan fingerprint density at radius 2 is 2.04 bits per heavy atom. The van der Waals surface area contributed by atoms with Crippen molar-refractivity contribution in [1.82, 2.24) is 14.1 Å². The molecule has 0 aliphatic carbocycles. The lowest BCUT2D eigenvalue weighted by atomic mass is 10.1. The third-order valence-corrected chi connectivity index (χ3v) is 5.34. The van der Waals surface area contributed by atoms with E-state index in [-0.39, 0.29) is 24.2 Å². The summed E-state index contributed by atoms with van der Waals surface area (Å²) < 4.78 is 45.2. The molecule has 9 heteroatoms. The van der Waals surface area contributed by atoms with Gasteiger partial charge in [-0.05, 0) is 24.1 Å². The molecule has 1 heterocycles. The third kappa shape index (κ3) is 4.20. The second-order valence-electron chi connectivity index (χ2n) is 6.30. The lowest BCUT2D eigenvalue weighted by molar-refractivity contribution is 0.0600. The van der Waals surface area contributed by atoms with Crippen molar-refractivity contribution in [3.8, 4) is 0 Å². The first kappa shape index (κ1) is 20.0. The molecule has 0 spiro atoms. The standard InChI is InChI=1S/C19H20FN3O4S/c1-22-18-13(4-3-5-15(18)11-21-22)8-9-23(28(25)26)12-16-7-6-14(10-17(16)20)19(24)27-2/h3-7,10-11,28H,8-9,12H2,1-2H3. The molecule has 0 amide bonds. The number of para-hydroxylation sites is 1. The Balaban J connectivity index is 1.77. The van der Waals surface area contributed by atoms with Gasteiger partial charge in [-0.2, -0.15) is 9.40 Å². The number of aryl methyl sites for hydroxylation is 1. The Hall–Kier alpha value is -2.78. The molecule has 0 aliphatic heterocycles. The van der Waals surface area contributed by atoms with Gasteiger partial charge in [-0.3, -0.25) is 4.68 Å². The van der Waals surface area contributed by atoms with Gasteiger partial charge in [0.25, 0.3) is 0 Å². The van der Waals surface area contributed by atoms with Crippen LogP contribution in [0.25, 0.3) is 10.9 Å². The van der Waals surface area contributed by atoms with E-state index >= 15 is 0 Å². The minimum atomic E-state index is -2.91. The first-order valence-electron chi connectivity index (χ1n) is 8.56. The summed E-state index contributed by atoms with van der Waals surface area (Å²) >= 11 is 0. The molecule has 0 N–H and O–H groups in total. The van der Waals surface area contributed by atoms with E-state index in [1.165, 1.54) is 23.5 Å². The van der Waals surface area contributed by atoms with Crippen molar-refractivity contribution in [2.24, 2.45) is 7.05 Å². The molecule has 0 unspecified atom stereocenters. The number of hydrogen-bond donors (Lipinski definition) is 1. The number of fused-ring (bicyclic) bond motifs is 1. The molecule has 28 heavy (non-hydrogen) atoms. The number of carbonyl (C=O) groups excluding carboxylic acids is 1. The maximum absolute atomic E-state index is 14.3. The SMILES string of the molecule is COC(=O)c1ccc(CN(CCc2cccc3cnn(C)c23)[SH](=O)=O)c(F)c1. The van der Waals surface area contributed by atoms with E-state index in [1.54, 1.807) is 10.9 Å². The van der Waals surface area contributed by atoms with E-state index in [0.717, 1.165) is 22.5 Å². The van der Waals surface area contributed by atoms with Crippen LogP contribution in [0.2, 0.25) is 0 Å². The van der Waals surface area contributed by atoms with Gasteiger partial charge in [-0.25, -0.2) is 17.6 Å². The highest BCUT2D eigenvalue weighted by Crippen LogP contribution is 2.19. The largest absolute Gasteiger partial charge is 0.465 e. The van der Waals surface area contributed by atoms with E-state index in [0.29, 0.717) is 6.42 Å². The van der Waals surface area contributed by atoms with Crippen LogP contribution in [0.15, 0.2) is 42.6 Å². The van der Waals surface area contributed by atoms with Crippen LogP contribution >= 0.6 is 0 Å². The predicted molar refractivity (Wildman–Crippen MR) is 103 cm³/mol. The molecular formula is C19H20FN3O4S. The highest BCUT2D eigenvalue weighted by Gasteiger charge is 2.15. The molecule has 0 saturated heterocycles. The highest BCUT2D eigenvalue weighted by atomic mass is 32.2. The Bertz CT molecular complexity index is 1090. The van der Waals surface area contributed by atoms with Crippen LogP contribution in [-0.4, -0.2) is 42.1 Å². The summed E-state index contributed by atoms with van der Waals surface area (Å²) in [6.07, 6.45) is 2.21. The average molecular weight is 405 g/mol. The van der Waals surface area contributed by atoms with E-state index < -0.39 is 22.7 Å². The summed E-state index contributed by atoms with van der Waals surface area (Å²) in [4.78, 5) is 11.5. The van der Waals surface area contributed by atoms with Gasteiger partial charge in [0.05, 0.1) is 24.4 Å². The summed E-state index contributed by atoms with van der Waals surface area (Å²) in [7, 11) is 0.132. The number of rotatable bonds is 7. The Kier molecular flexibility index (Phi) is 6.05. The minimum Gasteiger partial charge on any atom is -0.465 e. The fourth-order valence-electron chi connectivity index (χ4n) is 3.10. The molecule has 1 aromatic heterocycles. The zero-order valence-electron chi connectivity index (χ0n) is 15.5. The lowest BCUT2D eigenvalue weighted by Crippen LogP contribution is -2.25. The van der Waals surface area contributed by atoms with Crippen LogP contribution in [0.3, 0.4) is 0 Å². The van der Waals surface area contributed by atoms with Crippen LogP contribution in [0.4, 0.5) is 4.39 Å². The monoisotopic (exact) mass is 405 g/mol. The van der Waals surface area contributed by atoms with Crippen molar-refractivity contribution in [3.63, 3.8) is 0 Å². The number of nitrogens with zero attached hydrogens (tertiary/aromatic N) is 3. The van der Waals surface area contributed by atoms with Crippen LogP contribution < -0.4 is 0 Å². The molecule has 0 saturated carbocycles. The Labute approximate surface area is 163 Å². The second kappa shape index (κ2) is 8.49. The zero-order valence-corrected chi connectivity index (χ0v) is 16.4. The fourth-order valence-corrected chi connectivity index (χ4v) is 3.63. The summed E-state index contributed by atoms with van der Waals surface area (Å²) in [5.41, 5.74) is 2.16. The van der Waals surface area contributed by atoms with Crippen molar-refractivity contribution >= 4 is 27.8 Å². The van der Waals surface area contributed by atoms with Crippen molar-refractivity contribution in [2.75, 3.05) is 13.7 Å². The number of esters is 1. The first-order chi connectivity index (χ1) is 13.4. The summed E-state index contributed by atoms with van der Waals surface area (Å²) in [5, 5.41) is 5.20. The molecule has 0 bridgehead atoms. The number of hydrogen-bond acceptors (Lipinski definition) is 5. The average Bonchev–Trinajstić information content (AvgIpc) is 3.07. The smallest absolute Gasteiger partial charge is 0.337 e. The van der Waals surface area contributed by atoms with Gasteiger partial charge in [0, 0.05) is 31.1 Å². The van der Waals surface area contributed by atoms with E-state index in [1.807, 2.05) is 25.2 Å². The molecule has 0 atom stereocenters. The number of methoxy groups -OCH3 is 1. The fraction of sp³-hybridized carbons (Fsp3) is 0.263. The number of ether oxygens (including phenoxy) is 1. The second-order valence-corrected chi connectivity index (χ2v) is 7.34. The van der Waals surface area contributed by atoms with Crippen molar-refractivity contribution < 1.29 is 22.3 Å². The topological polar surface area (TPSA) is 81.5 Å². The molecule has 7 nitrogen and oxygen atoms in total. The molecular weight excluding hydrogens is 385 g/mol. The normalized spacial score (nSPS) is 11.5. The summed E-state index contributed by atoms with van der Waals surface area (Å²) in [5.74, 6) is -1.31.